The highest BCUT2D eigenvalue weighted by Gasteiger charge is 2.60. The fourth-order valence-corrected chi connectivity index (χ4v) is 6.57. The standard InChI is InChI=1S/C25H23F4IN4O3/c1-11-19(21(35)23(37)33-24(18(8-30)31-2)9-25(28,29)10-24)17-6-12-5-16(12)34(17)20(11)22(36)32-13-3-4-14(26)15(27)7-13/h3-4,7-8,12,16,31H,5-6,9-10H2,1-2H3,(H,32,36)(H,33,37)/b18-8-/t12-,16-/m1/s1. The molecule has 3 N–H and O–H groups in total. The van der Waals surface area contributed by atoms with Crippen molar-refractivity contribution in [1.29, 1.82) is 0 Å². The van der Waals surface area contributed by atoms with Crippen LogP contribution in [0, 0.1) is 24.5 Å². The van der Waals surface area contributed by atoms with E-state index in [4.69, 9.17) is 0 Å². The number of fused-ring (bicyclic) bond motifs is 3. The van der Waals surface area contributed by atoms with Crippen LogP contribution in [-0.4, -0.2) is 40.7 Å². The molecule has 0 bridgehead atoms. The second kappa shape index (κ2) is 8.84. The lowest BCUT2D eigenvalue weighted by atomic mass is 9.71. The summed E-state index contributed by atoms with van der Waals surface area (Å²) in [6.45, 7) is 1.54. The van der Waals surface area contributed by atoms with E-state index in [-0.39, 0.29) is 34.5 Å². The van der Waals surface area contributed by atoms with Crippen LogP contribution in [0.2, 0.25) is 0 Å². The van der Waals surface area contributed by atoms with E-state index in [2.05, 4.69) is 16.0 Å². The predicted molar refractivity (Wildman–Crippen MR) is 135 cm³/mol. The van der Waals surface area contributed by atoms with E-state index in [0.29, 0.717) is 17.8 Å². The molecule has 2 atom stereocenters. The molecule has 3 aliphatic rings. The average molecular weight is 630 g/mol. The maximum atomic E-state index is 13.9. The lowest BCUT2D eigenvalue weighted by molar-refractivity contribution is -0.138. The number of Topliss-reactive ketones (excluding diaryl/α,β-unsaturated/α-hetero) is 1. The van der Waals surface area contributed by atoms with Crippen molar-refractivity contribution in [1.82, 2.24) is 15.2 Å². The van der Waals surface area contributed by atoms with Gasteiger partial charge in [-0.1, -0.05) is 22.6 Å². The van der Waals surface area contributed by atoms with Crippen LogP contribution in [0.25, 0.3) is 0 Å². The second-order valence-corrected chi connectivity index (χ2v) is 10.5. The number of anilines is 1. The highest BCUT2D eigenvalue weighted by Crippen LogP contribution is 2.54. The lowest BCUT2D eigenvalue weighted by Gasteiger charge is -2.48. The van der Waals surface area contributed by atoms with Crippen LogP contribution in [0.4, 0.5) is 23.2 Å². The molecule has 1 aromatic heterocycles. The SMILES string of the molecule is CN/C(=C\I)C1(NC(=O)C(=O)c2c(C)c(C(=O)Nc3ccc(F)c(F)c3)n3c2C[C@H]2C[C@H]23)CC(F)(F)C1. The van der Waals surface area contributed by atoms with Crippen LogP contribution in [0.1, 0.15) is 57.4 Å². The monoisotopic (exact) mass is 630 g/mol. The fourth-order valence-electron chi connectivity index (χ4n) is 5.66. The van der Waals surface area contributed by atoms with Crippen molar-refractivity contribution in [3.05, 3.63) is 62.1 Å². The molecule has 0 saturated heterocycles. The number of alkyl halides is 2. The van der Waals surface area contributed by atoms with E-state index >= 15 is 0 Å². The fraction of sp³-hybridized carbons (Fsp3) is 0.400. The number of halogens is 5. The molecule has 0 spiro atoms. The molecule has 1 aliphatic heterocycles. The smallest absolute Gasteiger partial charge is 0.293 e. The summed E-state index contributed by atoms with van der Waals surface area (Å²) in [6.07, 6.45) is 0.0225. The van der Waals surface area contributed by atoms with Gasteiger partial charge in [0.25, 0.3) is 23.5 Å². The lowest BCUT2D eigenvalue weighted by Crippen LogP contribution is -2.65. The van der Waals surface area contributed by atoms with Crippen molar-refractivity contribution in [3.63, 3.8) is 0 Å². The van der Waals surface area contributed by atoms with Gasteiger partial charge in [-0.25, -0.2) is 17.6 Å². The van der Waals surface area contributed by atoms with E-state index in [0.717, 1.165) is 18.6 Å². The first kappa shape index (κ1) is 25.7. The van der Waals surface area contributed by atoms with Gasteiger partial charge in [-0.15, -0.1) is 0 Å². The number of carbonyl (C=O) groups excluding carboxylic acids is 3. The Morgan fingerprint density at radius 2 is 1.86 bits per heavy atom. The zero-order valence-electron chi connectivity index (χ0n) is 19.9. The first-order chi connectivity index (χ1) is 17.4. The molecule has 2 amide bonds. The van der Waals surface area contributed by atoms with Gasteiger partial charge in [0.05, 0.1) is 11.1 Å². The van der Waals surface area contributed by atoms with Crippen LogP contribution >= 0.6 is 22.6 Å². The van der Waals surface area contributed by atoms with Gasteiger partial charge in [0.1, 0.15) is 5.69 Å². The van der Waals surface area contributed by atoms with Gasteiger partial charge in [0.2, 0.25) is 0 Å². The Bertz CT molecular complexity index is 1380. The summed E-state index contributed by atoms with van der Waals surface area (Å²) >= 11 is 1.88. The minimum absolute atomic E-state index is 0.00136. The van der Waals surface area contributed by atoms with Gasteiger partial charge in [-0.3, -0.25) is 14.4 Å². The van der Waals surface area contributed by atoms with Gasteiger partial charge >= 0.3 is 0 Å². The van der Waals surface area contributed by atoms with E-state index in [9.17, 15) is 31.9 Å². The number of ketones is 1. The first-order valence-corrected chi connectivity index (χ1v) is 12.9. The van der Waals surface area contributed by atoms with Crippen LogP contribution in [0.15, 0.2) is 28.0 Å². The Morgan fingerprint density at radius 1 is 1.16 bits per heavy atom. The first-order valence-electron chi connectivity index (χ1n) is 11.6. The van der Waals surface area contributed by atoms with E-state index in [1.165, 1.54) is 6.07 Å². The number of carbonyl (C=O) groups is 3. The third kappa shape index (κ3) is 4.22. The topological polar surface area (TPSA) is 92.2 Å². The molecule has 37 heavy (non-hydrogen) atoms. The molecule has 5 rings (SSSR count). The number of likely N-dealkylation sites (N-methyl/N-ethyl adjacent to an activating group) is 1. The largest absolute Gasteiger partial charge is 0.389 e. The second-order valence-electron chi connectivity index (χ2n) is 9.86. The van der Waals surface area contributed by atoms with Crippen LogP contribution < -0.4 is 16.0 Å². The Kier molecular flexibility index (Phi) is 6.15. The molecule has 2 fully saturated rings. The summed E-state index contributed by atoms with van der Waals surface area (Å²) in [5.74, 6) is -7.50. The summed E-state index contributed by atoms with van der Waals surface area (Å²) in [4.78, 5) is 39.8. The number of hydrogen-bond donors (Lipinski definition) is 3. The summed E-state index contributed by atoms with van der Waals surface area (Å²) in [5, 5.41) is 7.88. The zero-order chi connectivity index (χ0) is 26.9. The summed E-state index contributed by atoms with van der Waals surface area (Å²) < 4.78 is 58.0. The Labute approximate surface area is 223 Å². The third-order valence-electron chi connectivity index (χ3n) is 7.42. The number of nitrogens with zero attached hydrogens (tertiary/aromatic N) is 1. The minimum Gasteiger partial charge on any atom is -0.389 e. The van der Waals surface area contributed by atoms with Gasteiger partial charge in [-0.2, -0.15) is 0 Å². The number of amides is 2. The van der Waals surface area contributed by atoms with Gasteiger partial charge in [0, 0.05) is 49.1 Å². The summed E-state index contributed by atoms with van der Waals surface area (Å²) in [6, 6.07) is 2.95. The highest BCUT2D eigenvalue weighted by atomic mass is 127. The number of hydrogen-bond acceptors (Lipinski definition) is 4. The van der Waals surface area contributed by atoms with Gasteiger partial charge in [-0.05, 0) is 47.5 Å². The van der Waals surface area contributed by atoms with Crippen LogP contribution in [0.5, 0.6) is 0 Å². The maximum Gasteiger partial charge on any atom is 0.293 e. The van der Waals surface area contributed by atoms with Crippen molar-refractivity contribution in [2.45, 2.75) is 50.1 Å². The molecule has 7 nitrogen and oxygen atoms in total. The molecule has 2 aliphatic carbocycles. The predicted octanol–water partition coefficient (Wildman–Crippen LogP) is 4.41. The van der Waals surface area contributed by atoms with Gasteiger partial charge < -0.3 is 20.5 Å². The molecular formula is C25H23F4IN4O3. The van der Waals surface area contributed by atoms with Crippen molar-refractivity contribution in [2.75, 3.05) is 12.4 Å². The summed E-state index contributed by atoms with van der Waals surface area (Å²) in [7, 11) is 1.55. The highest BCUT2D eigenvalue weighted by molar-refractivity contribution is 14.1. The quantitative estimate of drug-likeness (QED) is 0.183. The third-order valence-corrected chi connectivity index (χ3v) is 8.04. The van der Waals surface area contributed by atoms with Crippen LogP contribution in [0.3, 0.4) is 0 Å². The average Bonchev–Trinajstić information content (AvgIpc) is 3.38. The molecule has 2 saturated carbocycles. The Morgan fingerprint density at radius 3 is 2.46 bits per heavy atom. The molecule has 2 aromatic rings. The van der Waals surface area contributed by atoms with E-state index < -0.39 is 53.5 Å². The Hall–Kier alpha value is -2.90. The van der Waals surface area contributed by atoms with Crippen molar-refractivity contribution < 1.29 is 31.9 Å². The molecule has 2 heterocycles. The molecule has 1 aromatic carbocycles. The molecule has 12 heteroatoms. The number of aromatic nitrogens is 1. The molecule has 196 valence electrons. The zero-order valence-corrected chi connectivity index (χ0v) is 22.0. The van der Waals surface area contributed by atoms with Crippen molar-refractivity contribution >= 4 is 45.9 Å². The number of benzene rings is 1. The summed E-state index contributed by atoms with van der Waals surface area (Å²) in [5.41, 5.74) is 0.0460. The number of rotatable bonds is 7. The molecular weight excluding hydrogens is 607 g/mol. The Balaban J connectivity index is 1.46. The minimum atomic E-state index is -2.97. The van der Waals surface area contributed by atoms with E-state index in [1.54, 1.807) is 22.6 Å². The van der Waals surface area contributed by atoms with Gasteiger partial charge in [0.15, 0.2) is 11.6 Å². The molecule has 0 unspecified atom stereocenters. The maximum absolute atomic E-state index is 13.9. The van der Waals surface area contributed by atoms with E-state index in [1.807, 2.05) is 22.6 Å². The van der Waals surface area contributed by atoms with Crippen molar-refractivity contribution in [2.24, 2.45) is 5.92 Å². The van der Waals surface area contributed by atoms with Crippen LogP contribution in [-0.2, 0) is 11.2 Å². The van der Waals surface area contributed by atoms with Crippen molar-refractivity contribution in [3.8, 4) is 0 Å². The normalized spacial score (nSPS) is 22.4. The molecule has 0 radical (unpaired) electrons. The number of nitrogens with one attached hydrogen (secondary N) is 3.